The van der Waals surface area contributed by atoms with Crippen LogP contribution in [0.15, 0.2) is 18.5 Å². The van der Waals surface area contributed by atoms with Crippen molar-refractivity contribution in [2.24, 2.45) is 5.92 Å². The third-order valence-corrected chi connectivity index (χ3v) is 4.20. The van der Waals surface area contributed by atoms with E-state index in [9.17, 15) is 0 Å². The smallest absolute Gasteiger partial charge is 0.0634 e. The van der Waals surface area contributed by atoms with Crippen molar-refractivity contribution in [3.05, 3.63) is 29.0 Å². The summed E-state index contributed by atoms with van der Waals surface area (Å²) in [6.07, 6.45) is 10.2. The molecular formula is C14H21ClN2. The van der Waals surface area contributed by atoms with Crippen molar-refractivity contribution in [3.63, 3.8) is 0 Å². The van der Waals surface area contributed by atoms with Gasteiger partial charge in [-0.25, -0.2) is 0 Å². The average molecular weight is 253 g/mol. The summed E-state index contributed by atoms with van der Waals surface area (Å²) in [5.41, 5.74) is 1.15. The van der Waals surface area contributed by atoms with E-state index in [1.54, 1.807) is 12.4 Å². The number of halogens is 1. The van der Waals surface area contributed by atoms with Crippen molar-refractivity contribution in [2.45, 2.75) is 51.6 Å². The third-order valence-electron chi connectivity index (χ3n) is 3.86. The molecule has 0 atom stereocenters. The normalized spacial score (nSPS) is 24.8. The van der Waals surface area contributed by atoms with Gasteiger partial charge in [0.2, 0.25) is 0 Å². The molecule has 94 valence electrons. The molecule has 17 heavy (non-hydrogen) atoms. The Hall–Kier alpha value is -0.600. The number of hydrogen-bond acceptors (Lipinski definition) is 2. The number of nitrogens with one attached hydrogen (secondary N) is 1. The fourth-order valence-corrected chi connectivity index (χ4v) is 2.76. The maximum atomic E-state index is 6.09. The molecule has 1 N–H and O–H groups in total. The largest absolute Gasteiger partial charge is 0.310 e. The van der Waals surface area contributed by atoms with Gasteiger partial charge in [-0.15, -0.1) is 0 Å². The highest BCUT2D eigenvalue weighted by molar-refractivity contribution is 6.31. The van der Waals surface area contributed by atoms with E-state index >= 15 is 0 Å². The standard InChI is InChI=1S/C14H21ClN2/c1-2-11-3-5-13(6-4-11)17-9-12-7-8-16-10-14(12)15/h7-8,10-11,13,17H,2-6,9H2,1H3. The maximum absolute atomic E-state index is 6.09. The molecule has 1 heterocycles. The SMILES string of the molecule is CCC1CCC(NCc2ccncc2Cl)CC1. The van der Waals surface area contributed by atoms with Crippen LogP contribution in [-0.4, -0.2) is 11.0 Å². The molecule has 0 unspecified atom stereocenters. The maximum Gasteiger partial charge on any atom is 0.0634 e. The molecular weight excluding hydrogens is 232 g/mol. The number of pyridine rings is 1. The zero-order chi connectivity index (χ0) is 12.1. The fraction of sp³-hybridized carbons (Fsp3) is 0.643. The second kappa shape index (κ2) is 6.36. The molecule has 1 fully saturated rings. The van der Waals surface area contributed by atoms with Crippen LogP contribution in [0.25, 0.3) is 0 Å². The molecule has 0 radical (unpaired) electrons. The Morgan fingerprint density at radius 2 is 2.12 bits per heavy atom. The lowest BCUT2D eigenvalue weighted by Crippen LogP contribution is -2.32. The van der Waals surface area contributed by atoms with Crippen molar-refractivity contribution in [3.8, 4) is 0 Å². The van der Waals surface area contributed by atoms with Crippen molar-refractivity contribution in [1.29, 1.82) is 0 Å². The number of rotatable bonds is 4. The van der Waals surface area contributed by atoms with Gasteiger partial charge in [0.25, 0.3) is 0 Å². The highest BCUT2D eigenvalue weighted by atomic mass is 35.5. The molecule has 0 aromatic carbocycles. The van der Waals surface area contributed by atoms with E-state index in [4.69, 9.17) is 11.6 Å². The molecule has 2 nitrogen and oxygen atoms in total. The first-order chi connectivity index (χ1) is 8.29. The van der Waals surface area contributed by atoms with E-state index < -0.39 is 0 Å². The summed E-state index contributed by atoms with van der Waals surface area (Å²) >= 11 is 6.09. The monoisotopic (exact) mass is 252 g/mol. The minimum absolute atomic E-state index is 0.669. The highest BCUT2D eigenvalue weighted by Gasteiger charge is 2.19. The summed E-state index contributed by atoms with van der Waals surface area (Å²) < 4.78 is 0. The van der Waals surface area contributed by atoms with E-state index in [0.717, 1.165) is 23.0 Å². The quantitative estimate of drug-likeness (QED) is 0.882. The molecule has 0 aliphatic heterocycles. The predicted molar refractivity (Wildman–Crippen MR) is 72.1 cm³/mol. The lowest BCUT2D eigenvalue weighted by atomic mass is 9.84. The van der Waals surface area contributed by atoms with E-state index in [2.05, 4.69) is 17.2 Å². The van der Waals surface area contributed by atoms with Gasteiger partial charge in [0.05, 0.1) is 5.02 Å². The van der Waals surface area contributed by atoms with Crippen LogP contribution >= 0.6 is 11.6 Å². The van der Waals surface area contributed by atoms with Crippen molar-refractivity contribution >= 4 is 11.6 Å². The summed E-state index contributed by atoms with van der Waals surface area (Å²) in [6.45, 7) is 3.16. The first-order valence-corrected chi connectivity index (χ1v) is 6.99. The molecule has 1 saturated carbocycles. The van der Waals surface area contributed by atoms with Crippen molar-refractivity contribution in [1.82, 2.24) is 10.3 Å². The molecule has 3 heteroatoms. The summed E-state index contributed by atoms with van der Waals surface area (Å²) in [7, 11) is 0. The Kier molecular flexibility index (Phi) is 4.81. The van der Waals surface area contributed by atoms with Crippen LogP contribution in [0.3, 0.4) is 0 Å². The van der Waals surface area contributed by atoms with Crippen LogP contribution in [0.1, 0.15) is 44.6 Å². The van der Waals surface area contributed by atoms with Gasteiger partial charge in [0.1, 0.15) is 0 Å². The second-order valence-corrected chi connectivity index (χ2v) is 5.38. The molecule has 1 aliphatic rings. The van der Waals surface area contributed by atoms with Gasteiger partial charge in [-0.3, -0.25) is 4.98 Å². The summed E-state index contributed by atoms with van der Waals surface area (Å²) in [5.74, 6) is 0.956. The first-order valence-electron chi connectivity index (χ1n) is 6.61. The van der Waals surface area contributed by atoms with E-state index in [-0.39, 0.29) is 0 Å². The average Bonchev–Trinajstić information content (AvgIpc) is 2.38. The molecule has 1 aliphatic carbocycles. The lowest BCUT2D eigenvalue weighted by Gasteiger charge is -2.28. The van der Waals surface area contributed by atoms with Crippen LogP contribution in [0.2, 0.25) is 5.02 Å². The predicted octanol–water partition coefficient (Wildman–Crippen LogP) is 3.79. The molecule has 0 bridgehead atoms. The molecule has 2 rings (SSSR count). The Morgan fingerprint density at radius 3 is 2.76 bits per heavy atom. The number of nitrogens with zero attached hydrogens (tertiary/aromatic N) is 1. The van der Waals surface area contributed by atoms with Crippen LogP contribution in [-0.2, 0) is 6.54 Å². The fourth-order valence-electron chi connectivity index (χ4n) is 2.58. The number of aromatic nitrogens is 1. The zero-order valence-corrected chi connectivity index (χ0v) is 11.2. The summed E-state index contributed by atoms with van der Waals surface area (Å²) in [5, 5.41) is 4.38. The van der Waals surface area contributed by atoms with Crippen LogP contribution in [0, 0.1) is 5.92 Å². The Bertz CT molecular complexity index is 346. The third kappa shape index (κ3) is 3.68. The van der Waals surface area contributed by atoms with Gasteiger partial charge < -0.3 is 5.32 Å². The molecule has 0 amide bonds. The molecule has 1 aromatic heterocycles. The highest BCUT2D eigenvalue weighted by Crippen LogP contribution is 2.26. The Balaban J connectivity index is 1.78. The van der Waals surface area contributed by atoms with Gasteiger partial charge in [-0.1, -0.05) is 24.9 Å². The van der Waals surface area contributed by atoms with Gasteiger partial charge >= 0.3 is 0 Å². The van der Waals surface area contributed by atoms with Gasteiger partial charge in [0, 0.05) is 25.0 Å². The van der Waals surface area contributed by atoms with Gasteiger partial charge in [-0.05, 0) is 43.2 Å². The van der Waals surface area contributed by atoms with E-state index in [1.807, 2.05) is 6.07 Å². The van der Waals surface area contributed by atoms with Crippen LogP contribution in [0.4, 0.5) is 0 Å². The van der Waals surface area contributed by atoms with Gasteiger partial charge in [0.15, 0.2) is 0 Å². The minimum Gasteiger partial charge on any atom is -0.310 e. The molecule has 0 spiro atoms. The second-order valence-electron chi connectivity index (χ2n) is 4.97. The lowest BCUT2D eigenvalue weighted by molar-refractivity contribution is 0.285. The van der Waals surface area contributed by atoms with Crippen molar-refractivity contribution < 1.29 is 0 Å². The van der Waals surface area contributed by atoms with E-state index in [1.165, 1.54) is 32.1 Å². The van der Waals surface area contributed by atoms with E-state index in [0.29, 0.717) is 6.04 Å². The Labute approximate surface area is 109 Å². The zero-order valence-electron chi connectivity index (χ0n) is 10.5. The van der Waals surface area contributed by atoms with Crippen LogP contribution < -0.4 is 5.32 Å². The molecule has 1 aromatic rings. The molecule has 0 saturated heterocycles. The Morgan fingerprint density at radius 1 is 1.35 bits per heavy atom. The van der Waals surface area contributed by atoms with Gasteiger partial charge in [-0.2, -0.15) is 0 Å². The topological polar surface area (TPSA) is 24.9 Å². The van der Waals surface area contributed by atoms with Crippen molar-refractivity contribution in [2.75, 3.05) is 0 Å². The summed E-state index contributed by atoms with van der Waals surface area (Å²) in [6, 6.07) is 2.66. The number of hydrogen-bond donors (Lipinski definition) is 1. The van der Waals surface area contributed by atoms with Crippen LogP contribution in [0.5, 0.6) is 0 Å². The first kappa shape index (κ1) is 12.8. The summed E-state index contributed by atoms with van der Waals surface area (Å²) in [4.78, 5) is 4.00. The minimum atomic E-state index is 0.669.